The zero-order valence-corrected chi connectivity index (χ0v) is 21.6. The average Bonchev–Trinajstić information content (AvgIpc) is 2.89. The van der Waals surface area contributed by atoms with Crippen LogP contribution in [0.2, 0.25) is 0 Å². The molecular formula is C31H36F2N4. The molecule has 0 radical (unpaired) electrons. The van der Waals surface area contributed by atoms with E-state index in [4.69, 9.17) is 5.73 Å². The van der Waals surface area contributed by atoms with E-state index in [1.165, 1.54) is 18.2 Å². The van der Waals surface area contributed by atoms with Crippen molar-refractivity contribution in [2.45, 2.75) is 31.3 Å². The third kappa shape index (κ3) is 6.72. The first-order chi connectivity index (χ1) is 17.8. The fourth-order valence-electron chi connectivity index (χ4n) is 4.78. The first kappa shape index (κ1) is 26.7. The molecule has 4 N–H and O–H groups in total. The van der Waals surface area contributed by atoms with Gasteiger partial charge in [0.25, 0.3) is 0 Å². The molecule has 6 heteroatoms. The van der Waals surface area contributed by atoms with E-state index >= 15 is 0 Å². The molecule has 0 aliphatic carbocycles. The Labute approximate surface area is 218 Å². The molecule has 1 heterocycles. The summed E-state index contributed by atoms with van der Waals surface area (Å²) >= 11 is 0. The SMILES string of the molecule is C=C(Nc1cccc(F)c1C/C=C\C1CNCCN1C)[C@@H](N)C(c1ccc(C)cc1)c1ccc(F)cc1. The van der Waals surface area contributed by atoms with Gasteiger partial charge in [-0.1, -0.05) is 66.8 Å². The number of halogens is 2. The van der Waals surface area contributed by atoms with Crippen molar-refractivity contribution in [3.63, 3.8) is 0 Å². The third-order valence-corrected chi connectivity index (χ3v) is 7.08. The summed E-state index contributed by atoms with van der Waals surface area (Å²) in [5.41, 5.74) is 11.6. The van der Waals surface area contributed by atoms with Crippen LogP contribution in [0.4, 0.5) is 14.5 Å². The molecule has 194 valence electrons. The lowest BCUT2D eigenvalue weighted by atomic mass is 9.84. The molecular weight excluding hydrogens is 466 g/mol. The quantitative estimate of drug-likeness (QED) is 0.345. The fourth-order valence-corrected chi connectivity index (χ4v) is 4.78. The largest absolute Gasteiger partial charge is 0.358 e. The van der Waals surface area contributed by atoms with E-state index in [0.717, 1.165) is 36.3 Å². The van der Waals surface area contributed by atoms with Crippen molar-refractivity contribution in [3.05, 3.63) is 125 Å². The Morgan fingerprint density at radius 2 is 1.78 bits per heavy atom. The smallest absolute Gasteiger partial charge is 0.128 e. The van der Waals surface area contributed by atoms with Gasteiger partial charge in [-0.3, -0.25) is 4.90 Å². The Balaban J connectivity index is 1.55. The lowest BCUT2D eigenvalue weighted by Crippen LogP contribution is -2.48. The normalized spacial score (nSPS) is 18.0. The topological polar surface area (TPSA) is 53.3 Å². The van der Waals surface area contributed by atoms with E-state index in [0.29, 0.717) is 23.4 Å². The molecule has 3 atom stereocenters. The Morgan fingerprint density at radius 3 is 2.46 bits per heavy atom. The Kier molecular flexibility index (Phi) is 8.87. The van der Waals surface area contributed by atoms with Crippen LogP contribution in [0.25, 0.3) is 0 Å². The summed E-state index contributed by atoms with van der Waals surface area (Å²) in [5.74, 6) is -0.836. The van der Waals surface area contributed by atoms with Crippen LogP contribution in [-0.4, -0.2) is 43.7 Å². The monoisotopic (exact) mass is 502 g/mol. The summed E-state index contributed by atoms with van der Waals surface area (Å²) in [6.07, 6.45) is 4.60. The lowest BCUT2D eigenvalue weighted by molar-refractivity contribution is 0.236. The van der Waals surface area contributed by atoms with Gasteiger partial charge in [0, 0.05) is 48.5 Å². The van der Waals surface area contributed by atoms with Crippen LogP contribution in [-0.2, 0) is 6.42 Å². The fraction of sp³-hybridized carbons (Fsp3) is 0.290. The van der Waals surface area contributed by atoms with Gasteiger partial charge < -0.3 is 16.4 Å². The number of allylic oxidation sites excluding steroid dienone is 1. The second kappa shape index (κ2) is 12.3. The average molecular weight is 503 g/mol. The van der Waals surface area contributed by atoms with Gasteiger partial charge in [0.2, 0.25) is 0 Å². The molecule has 0 saturated carbocycles. The van der Waals surface area contributed by atoms with Crippen molar-refractivity contribution in [1.29, 1.82) is 0 Å². The van der Waals surface area contributed by atoms with Gasteiger partial charge in [-0.2, -0.15) is 0 Å². The molecule has 3 aromatic carbocycles. The van der Waals surface area contributed by atoms with E-state index in [1.54, 1.807) is 18.2 Å². The molecule has 0 spiro atoms. The van der Waals surface area contributed by atoms with E-state index in [9.17, 15) is 8.78 Å². The van der Waals surface area contributed by atoms with Crippen LogP contribution in [0.3, 0.4) is 0 Å². The molecule has 4 nitrogen and oxygen atoms in total. The van der Waals surface area contributed by atoms with Crippen molar-refractivity contribution in [1.82, 2.24) is 10.2 Å². The van der Waals surface area contributed by atoms with Crippen LogP contribution in [0.15, 0.2) is 91.2 Å². The Morgan fingerprint density at radius 1 is 1.11 bits per heavy atom. The predicted molar refractivity (Wildman–Crippen MR) is 149 cm³/mol. The maximum absolute atomic E-state index is 14.9. The summed E-state index contributed by atoms with van der Waals surface area (Å²) in [6, 6.07) is 19.3. The van der Waals surface area contributed by atoms with Crippen LogP contribution in [0.5, 0.6) is 0 Å². The van der Waals surface area contributed by atoms with Gasteiger partial charge in [-0.15, -0.1) is 0 Å². The van der Waals surface area contributed by atoms with Gasteiger partial charge >= 0.3 is 0 Å². The number of nitrogens with two attached hydrogens (primary N) is 1. The highest BCUT2D eigenvalue weighted by Gasteiger charge is 2.25. The Bertz CT molecular complexity index is 1180. The number of nitrogens with zero attached hydrogens (tertiary/aromatic N) is 1. The number of anilines is 1. The molecule has 1 saturated heterocycles. The summed E-state index contributed by atoms with van der Waals surface area (Å²) < 4.78 is 28.6. The summed E-state index contributed by atoms with van der Waals surface area (Å²) in [7, 11) is 2.10. The Hall–Kier alpha value is -3.32. The zero-order chi connectivity index (χ0) is 26.4. The van der Waals surface area contributed by atoms with E-state index in [-0.39, 0.29) is 23.6 Å². The van der Waals surface area contributed by atoms with Crippen molar-refractivity contribution in [2.24, 2.45) is 5.73 Å². The number of hydrogen-bond donors (Lipinski definition) is 3. The van der Waals surface area contributed by atoms with Gasteiger partial charge in [0.05, 0.1) is 6.04 Å². The van der Waals surface area contributed by atoms with Crippen LogP contribution >= 0.6 is 0 Å². The highest BCUT2D eigenvalue weighted by atomic mass is 19.1. The molecule has 1 fully saturated rings. The van der Waals surface area contributed by atoms with Crippen molar-refractivity contribution in [2.75, 3.05) is 32.0 Å². The van der Waals surface area contributed by atoms with Crippen molar-refractivity contribution in [3.8, 4) is 0 Å². The number of piperazine rings is 1. The van der Waals surface area contributed by atoms with E-state index in [2.05, 4.69) is 35.2 Å². The zero-order valence-electron chi connectivity index (χ0n) is 21.6. The van der Waals surface area contributed by atoms with Crippen molar-refractivity contribution < 1.29 is 8.78 Å². The predicted octanol–water partition coefficient (Wildman–Crippen LogP) is 5.36. The number of aryl methyl sites for hydroxylation is 1. The molecule has 1 aliphatic heterocycles. The molecule has 2 unspecified atom stereocenters. The molecule has 37 heavy (non-hydrogen) atoms. The molecule has 3 aromatic rings. The molecule has 0 amide bonds. The number of benzene rings is 3. The molecule has 0 aromatic heterocycles. The van der Waals surface area contributed by atoms with Crippen molar-refractivity contribution >= 4 is 5.69 Å². The van der Waals surface area contributed by atoms with Crippen LogP contribution in [0, 0.1) is 18.6 Å². The first-order valence-electron chi connectivity index (χ1n) is 12.7. The standard InChI is InChI=1S/C31H36F2N4/c1-21-10-12-23(13-11-21)30(24-14-16-25(32)17-15-24)31(34)22(2)36-29-9-5-8-28(33)27(29)7-4-6-26-20-35-18-19-37(26)3/h4-6,8-17,26,30-31,35-36H,2,7,18-20,34H2,1,3H3/b6-4-/t26?,30?,31-/m1/s1. The maximum Gasteiger partial charge on any atom is 0.128 e. The highest BCUT2D eigenvalue weighted by molar-refractivity contribution is 5.57. The number of hydrogen-bond acceptors (Lipinski definition) is 4. The van der Waals surface area contributed by atoms with Crippen LogP contribution in [0.1, 0.15) is 28.2 Å². The minimum Gasteiger partial charge on any atom is -0.358 e. The minimum absolute atomic E-state index is 0.257. The van der Waals surface area contributed by atoms with E-state index < -0.39 is 6.04 Å². The summed E-state index contributed by atoms with van der Waals surface area (Å²) in [4.78, 5) is 2.29. The lowest BCUT2D eigenvalue weighted by Gasteiger charge is -2.31. The molecule has 1 aliphatic rings. The number of rotatable bonds is 9. The maximum atomic E-state index is 14.9. The highest BCUT2D eigenvalue weighted by Crippen LogP contribution is 2.32. The first-order valence-corrected chi connectivity index (χ1v) is 12.7. The van der Waals surface area contributed by atoms with Gasteiger partial charge in [-0.25, -0.2) is 8.78 Å². The number of nitrogens with one attached hydrogen (secondary N) is 2. The second-order valence-corrected chi connectivity index (χ2v) is 9.77. The van der Waals surface area contributed by atoms with E-state index in [1.807, 2.05) is 43.3 Å². The van der Waals surface area contributed by atoms with Crippen LogP contribution < -0.4 is 16.4 Å². The van der Waals surface area contributed by atoms with Gasteiger partial charge in [-0.05, 0) is 55.8 Å². The minimum atomic E-state index is -0.540. The third-order valence-electron chi connectivity index (χ3n) is 7.08. The molecule has 0 bridgehead atoms. The molecule has 4 rings (SSSR count). The summed E-state index contributed by atoms with van der Waals surface area (Å²) in [5, 5.41) is 6.69. The second-order valence-electron chi connectivity index (χ2n) is 9.77. The van der Waals surface area contributed by atoms with Gasteiger partial charge in [0.15, 0.2) is 0 Å². The number of likely N-dealkylation sites (N-methyl/N-ethyl adjacent to an activating group) is 1. The summed E-state index contributed by atoms with van der Waals surface area (Å²) in [6.45, 7) is 9.09. The van der Waals surface area contributed by atoms with Gasteiger partial charge in [0.1, 0.15) is 11.6 Å².